The average Bonchev–Trinajstić information content (AvgIpc) is 3.23. The Labute approximate surface area is 210 Å². The van der Waals surface area contributed by atoms with Crippen LogP contribution in [0.5, 0.6) is 0 Å². The van der Waals surface area contributed by atoms with Crippen LogP contribution in [0.15, 0.2) is 16.5 Å². The average molecular weight is 512 g/mol. The predicted octanol–water partition coefficient (Wildman–Crippen LogP) is 3.10. The molecule has 0 saturated carbocycles. The molecule has 2 fully saturated rings. The molecule has 0 bridgehead atoms. The zero-order chi connectivity index (χ0) is 26.8. The van der Waals surface area contributed by atoms with E-state index in [0.717, 1.165) is 12.5 Å². The van der Waals surface area contributed by atoms with Crippen LogP contribution in [0, 0.1) is 17.3 Å². The summed E-state index contributed by atoms with van der Waals surface area (Å²) in [5, 5.41) is 30.6. The van der Waals surface area contributed by atoms with Crippen LogP contribution in [0.4, 0.5) is 4.39 Å². The number of Topliss-reactive ketones (excluding diaryl/α,β-unsaturated/α-hetero) is 1. The van der Waals surface area contributed by atoms with Gasteiger partial charge in [-0.05, 0) is 25.7 Å². The summed E-state index contributed by atoms with van der Waals surface area (Å²) in [6.45, 7) is 8.02. The molecule has 3 heterocycles. The van der Waals surface area contributed by atoms with Crippen molar-refractivity contribution in [2.75, 3.05) is 0 Å². The number of halogens is 1. The number of rotatable bonds is 3. The highest BCUT2D eigenvalue weighted by Crippen LogP contribution is 2.45. The van der Waals surface area contributed by atoms with Gasteiger partial charge >= 0.3 is 5.97 Å². The maximum atomic E-state index is 15.3. The van der Waals surface area contributed by atoms with E-state index in [-0.39, 0.29) is 35.8 Å². The molecule has 0 aromatic carbocycles. The Morgan fingerprint density at radius 2 is 1.94 bits per heavy atom. The highest BCUT2D eigenvalue weighted by molar-refractivity contribution is 5.88. The number of oxazole rings is 1. The lowest BCUT2D eigenvalue weighted by molar-refractivity contribution is -0.155. The van der Waals surface area contributed by atoms with Crippen LogP contribution in [0.25, 0.3) is 6.08 Å². The maximum Gasteiger partial charge on any atom is 0.309 e. The molecule has 2 saturated heterocycles. The molecule has 3 rings (SSSR count). The van der Waals surface area contributed by atoms with E-state index < -0.39 is 60.1 Å². The molecule has 0 aliphatic carbocycles. The second kappa shape index (κ2) is 11.1. The van der Waals surface area contributed by atoms with Crippen LogP contribution in [0.1, 0.15) is 78.3 Å². The summed E-state index contributed by atoms with van der Waals surface area (Å²) < 4.78 is 31.6. The number of aliphatic hydroxyl groups is 3. The predicted molar refractivity (Wildman–Crippen MR) is 127 cm³/mol. The number of nitrogens with zero attached hydrogens (tertiary/aromatic N) is 1. The molecule has 3 N–H and O–H groups in total. The van der Waals surface area contributed by atoms with Crippen molar-refractivity contribution in [3.8, 4) is 0 Å². The lowest BCUT2D eigenvalue weighted by Gasteiger charge is -2.34. The molecular formula is C26H38FNO8. The molecule has 0 amide bonds. The molecule has 10 heteroatoms. The van der Waals surface area contributed by atoms with Crippen molar-refractivity contribution in [2.24, 2.45) is 17.3 Å². The fourth-order valence-electron chi connectivity index (χ4n) is 4.88. The molecule has 2 aliphatic rings. The number of ketones is 1. The number of ether oxygens (including phenoxy) is 2. The van der Waals surface area contributed by atoms with Crippen molar-refractivity contribution in [1.29, 1.82) is 0 Å². The Morgan fingerprint density at radius 1 is 1.25 bits per heavy atom. The first-order valence-corrected chi connectivity index (χ1v) is 12.5. The number of cyclic esters (lactones) is 1. The third-order valence-electron chi connectivity index (χ3n) is 7.70. The van der Waals surface area contributed by atoms with E-state index in [0.29, 0.717) is 12.8 Å². The van der Waals surface area contributed by atoms with Crippen LogP contribution in [-0.2, 0) is 25.7 Å². The second-order valence-electron chi connectivity index (χ2n) is 10.9. The lowest BCUT2D eigenvalue weighted by atomic mass is 9.73. The van der Waals surface area contributed by atoms with Gasteiger partial charge in [0.15, 0.2) is 6.10 Å². The molecule has 9 nitrogen and oxygen atoms in total. The number of hydrogen-bond donors (Lipinski definition) is 3. The van der Waals surface area contributed by atoms with Gasteiger partial charge in [0.2, 0.25) is 5.89 Å². The summed E-state index contributed by atoms with van der Waals surface area (Å²) in [6, 6.07) is 0. The molecule has 0 spiro atoms. The second-order valence-corrected chi connectivity index (χ2v) is 10.9. The van der Waals surface area contributed by atoms with Crippen LogP contribution in [-0.4, -0.2) is 62.1 Å². The van der Waals surface area contributed by atoms with Crippen molar-refractivity contribution >= 4 is 17.8 Å². The zero-order valence-corrected chi connectivity index (χ0v) is 21.6. The molecule has 0 unspecified atom stereocenters. The Balaban J connectivity index is 1.85. The first-order chi connectivity index (χ1) is 16.8. The zero-order valence-electron chi connectivity index (χ0n) is 21.6. The highest BCUT2D eigenvalue weighted by Gasteiger charge is 2.53. The summed E-state index contributed by atoms with van der Waals surface area (Å²) in [5.74, 6) is -2.89. The van der Waals surface area contributed by atoms with Gasteiger partial charge in [-0.3, -0.25) is 9.59 Å². The molecule has 7 atom stereocenters. The van der Waals surface area contributed by atoms with Gasteiger partial charge < -0.3 is 29.2 Å². The Hall–Kier alpha value is -2.14. The number of carbonyl (C=O) groups is 2. The molecular weight excluding hydrogens is 473 g/mol. The van der Waals surface area contributed by atoms with E-state index in [1.54, 1.807) is 6.92 Å². The first kappa shape index (κ1) is 28.4. The summed E-state index contributed by atoms with van der Waals surface area (Å²) in [5.41, 5.74) is -1.74. The topological polar surface area (TPSA) is 143 Å². The fourth-order valence-corrected chi connectivity index (χ4v) is 4.88. The molecule has 0 radical (unpaired) electrons. The Kier molecular flexibility index (Phi) is 8.75. The van der Waals surface area contributed by atoms with Gasteiger partial charge in [0, 0.05) is 18.4 Å². The lowest BCUT2D eigenvalue weighted by Crippen LogP contribution is -2.45. The molecule has 1 aromatic rings. The Bertz CT molecular complexity index is 975. The summed E-state index contributed by atoms with van der Waals surface area (Å²) in [4.78, 5) is 29.8. The minimum absolute atomic E-state index is 0.0192. The minimum Gasteiger partial charge on any atom is -0.455 e. The molecule has 2 aliphatic heterocycles. The van der Waals surface area contributed by atoms with Gasteiger partial charge in [-0.25, -0.2) is 9.37 Å². The Morgan fingerprint density at radius 3 is 2.58 bits per heavy atom. The van der Waals surface area contributed by atoms with E-state index in [4.69, 9.17) is 19.0 Å². The number of aromatic nitrogens is 1. The van der Waals surface area contributed by atoms with Crippen LogP contribution >= 0.6 is 0 Å². The third-order valence-corrected chi connectivity index (χ3v) is 7.70. The molecule has 1 aromatic heterocycles. The van der Waals surface area contributed by atoms with Gasteiger partial charge in [-0.15, -0.1) is 0 Å². The monoisotopic (exact) mass is 511 g/mol. The standard InChI is InChI=1S/C26H38FNO8/c1-14-7-6-8-26(5)20(36-26)10-18(17(27)9-16-13-34-21(12-29)28-16)35-22(31)11-19(30)25(3,4)24(33)15(2)23(14)32/h9,13-15,18-20,23,29-30,32H,6-8,10-12H2,1-5H3/t14-,15+,18-,19-,20-,23-,26+/m0/s1. The van der Waals surface area contributed by atoms with Gasteiger partial charge in [0.25, 0.3) is 0 Å². The molecule has 202 valence electrons. The van der Waals surface area contributed by atoms with Gasteiger partial charge in [-0.1, -0.05) is 34.1 Å². The third kappa shape index (κ3) is 6.40. The number of fused-ring (bicyclic) bond motifs is 1. The van der Waals surface area contributed by atoms with E-state index in [1.165, 1.54) is 20.1 Å². The summed E-state index contributed by atoms with van der Waals surface area (Å²) in [7, 11) is 0. The highest BCUT2D eigenvalue weighted by atomic mass is 19.1. The smallest absolute Gasteiger partial charge is 0.309 e. The van der Waals surface area contributed by atoms with E-state index >= 15 is 4.39 Å². The van der Waals surface area contributed by atoms with Gasteiger partial charge in [-0.2, -0.15) is 0 Å². The number of carbonyl (C=O) groups excluding carboxylic acids is 2. The minimum atomic E-state index is -1.40. The van der Waals surface area contributed by atoms with E-state index in [1.807, 2.05) is 13.8 Å². The van der Waals surface area contributed by atoms with Gasteiger partial charge in [0.1, 0.15) is 30.2 Å². The summed E-state index contributed by atoms with van der Waals surface area (Å²) >= 11 is 0. The van der Waals surface area contributed by atoms with E-state index in [9.17, 15) is 19.8 Å². The van der Waals surface area contributed by atoms with Crippen molar-refractivity contribution in [3.05, 3.63) is 23.7 Å². The van der Waals surface area contributed by atoms with Crippen LogP contribution in [0.2, 0.25) is 0 Å². The quantitative estimate of drug-likeness (QED) is 0.412. The first-order valence-electron chi connectivity index (χ1n) is 12.5. The number of epoxide rings is 1. The number of aliphatic hydroxyl groups excluding tert-OH is 3. The van der Waals surface area contributed by atoms with Gasteiger partial charge in [0.05, 0.1) is 35.7 Å². The largest absolute Gasteiger partial charge is 0.455 e. The van der Waals surface area contributed by atoms with Crippen LogP contribution < -0.4 is 0 Å². The molecule has 36 heavy (non-hydrogen) atoms. The SMILES string of the molecule is C[C@H]1CCC[C@@]2(C)O[C@H]2C[C@@H](C(F)=Cc2coc(CO)n2)OC(=O)C[C@H](O)C(C)(C)C(=O)[C@H](C)[C@H]1O. The fraction of sp³-hybridized carbons (Fsp3) is 0.731. The maximum absolute atomic E-state index is 15.3. The van der Waals surface area contributed by atoms with Crippen molar-refractivity contribution < 1.29 is 43.2 Å². The van der Waals surface area contributed by atoms with E-state index in [2.05, 4.69) is 4.98 Å². The van der Waals surface area contributed by atoms with Crippen molar-refractivity contribution in [2.45, 2.75) is 103 Å². The normalized spacial score (nSPS) is 36.8. The summed E-state index contributed by atoms with van der Waals surface area (Å²) in [6.07, 6.45) is -0.105. The van der Waals surface area contributed by atoms with Crippen molar-refractivity contribution in [3.63, 3.8) is 0 Å². The van der Waals surface area contributed by atoms with Crippen molar-refractivity contribution in [1.82, 2.24) is 4.98 Å². The van der Waals surface area contributed by atoms with Crippen LogP contribution in [0.3, 0.4) is 0 Å². The number of esters is 1. The number of hydrogen-bond acceptors (Lipinski definition) is 9.